The van der Waals surface area contributed by atoms with Gasteiger partial charge in [0, 0.05) is 32.4 Å². The van der Waals surface area contributed by atoms with Gasteiger partial charge >= 0.3 is 11.7 Å². The zero-order valence-electron chi connectivity index (χ0n) is 18.0. The first kappa shape index (κ1) is 19.8. The molecule has 0 unspecified atom stereocenters. The summed E-state index contributed by atoms with van der Waals surface area (Å²) in [5.41, 5.74) is 3.93. The Morgan fingerprint density at radius 3 is 2.74 bits per heavy atom. The normalized spacial score (nSPS) is 19.0. The molecule has 31 heavy (non-hydrogen) atoms. The summed E-state index contributed by atoms with van der Waals surface area (Å²) in [4.78, 5) is 32.5. The lowest BCUT2D eigenvalue weighted by Crippen LogP contribution is -2.47. The van der Waals surface area contributed by atoms with Gasteiger partial charge in [-0.15, -0.1) is 0 Å². The van der Waals surface area contributed by atoms with Gasteiger partial charge in [0.05, 0.1) is 11.6 Å². The maximum atomic E-state index is 13.3. The van der Waals surface area contributed by atoms with Crippen LogP contribution in [0.1, 0.15) is 42.9 Å². The molecule has 3 heterocycles. The van der Waals surface area contributed by atoms with Crippen LogP contribution in [0, 0.1) is 12.8 Å². The molecule has 1 aliphatic carbocycles. The molecule has 2 aliphatic rings. The first-order valence-corrected chi connectivity index (χ1v) is 11.2. The second kappa shape index (κ2) is 8.21. The number of hydrogen-bond acceptors (Lipinski definition) is 3. The molecule has 0 spiro atoms. The van der Waals surface area contributed by atoms with Crippen molar-refractivity contribution in [2.75, 3.05) is 13.1 Å². The summed E-state index contributed by atoms with van der Waals surface area (Å²) >= 11 is 0. The Morgan fingerprint density at radius 2 is 1.97 bits per heavy atom. The molecule has 2 aromatic heterocycles. The van der Waals surface area contributed by atoms with Crippen LogP contribution < -0.4 is 11.0 Å². The van der Waals surface area contributed by atoms with Gasteiger partial charge in [-0.05, 0) is 56.2 Å². The molecule has 0 radical (unpaired) electrons. The average Bonchev–Trinajstić information content (AvgIpc) is 3.57. The molecule has 162 valence electrons. The maximum absolute atomic E-state index is 13.3. The highest BCUT2D eigenvalue weighted by atomic mass is 16.2. The van der Waals surface area contributed by atoms with Crippen LogP contribution in [0.15, 0.2) is 47.4 Å². The van der Waals surface area contributed by atoms with E-state index in [1.807, 2.05) is 38.3 Å². The van der Waals surface area contributed by atoms with Gasteiger partial charge in [0.1, 0.15) is 0 Å². The number of piperidine rings is 1. The van der Waals surface area contributed by atoms with Gasteiger partial charge in [-0.3, -0.25) is 9.13 Å². The third-order valence-corrected chi connectivity index (χ3v) is 6.47. The quantitative estimate of drug-likeness (QED) is 0.688. The average molecular weight is 420 g/mol. The van der Waals surface area contributed by atoms with E-state index in [-0.39, 0.29) is 17.8 Å². The molecule has 5 rings (SSSR count). The highest BCUT2D eigenvalue weighted by molar-refractivity contribution is 5.74. The molecule has 1 N–H and O–H groups in total. The number of rotatable bonds is 5. The van der Waals surface area contributed by atoms with Gasteiger partial charge in [0.25, 0.3) is 0 Å². The van der Waals surface area contributed by atoms with Crippen LogP contribution in [-0.2, 0) is 13.1 Å². The van der Waals surface area contributed by atoms with E-state index in [9.17, 15) is 9.59 Å². The first-order chi connectivity index (χ1) is 15.1. The molecule has 1 aromatic carbocycles. The van der Waals surface area contributed by atoms with Crippen molar-refractivity contribution in [1.29, 1.82) is 0 Å². The molecule has 1 atom stereocenters. The molecule has 2 amide bonds. The highest BCUT2D eigenvalue weighted by Gasteiger charge is 2.30. The second-order valence-corrected chi connectivity index (χ2v) is 8.94. The van der Waals surface area contributed by atoms with Crippen molar-refractivity contribution in [2.45, 2.75) is 51.7 Å². The number of nitrogens with zero attached hydrogens (tertiary/aromatic N) is 4. The molecule has 2 fully saturated rings. The van der Waals surface area contributed by atoms with Gasteiger partial charge in [0.15, 0.2) is 5.65 Å². The Kier molecular flexibility index (Phi) is 5.26. The molecule has 1 saturated carbocycles. The standard InChI is InChI=1S/C24H29N5O2/c1-17-6-8-18(9-7-17)14-26-23(30)27-13-3-4-20(16-27)29-22-21(5-2-12-25-22)28(24(29)31)15-19-10-11-19/h2,5-9,12,19-20H,3-4,10-11,13-16H2,1H3,(H,26,30)/t20-/m0/s1. The van der Waals surface area contributed by atoms with Crippen molar-refractivity contribution in [3.05, 3.63) is 64.2 Å². The molecule has 3 aromatic rings. The fourth-order valence-electron chi connectivity index (χ4n) is 4.52. The number of imidazole rings is 1. The van der Waals surface area contributed by atoms with E-state index in [1.165, 1.54) is 18.4 Å². The molecular formula is C24H29N5O2. The molecule has 0 bridgehead atoms. The van der Waals surface area contributed by atoms with E-state index in [0.717, 1.165) is 36.1 Å². The third-order valence-electron chi connectivity index (χ3n) is 6.47. The SMILES string of the molecule is Cc1ccc(CNC(=O)N2CCC[C@H](n3c(=O)n(CC4CC4)c4cccnc43)C2)cc1. The van der Waals surface area contributed by atoms with E-state index >= 15 is 0 Å². The topological polar surface area (TPSA) is 72.2 Å². The number of amides is 2. The monoisotopic (exact) mass is 419 g/mol. The van der Waals surface area contributed by atoms with Gasteiger partial charge in [-0.2, -0.15) is 0 Å². The first-order valence-electron chi connectivity index (χ1n) is 11.2. The Labute approximate surface area is 181 Å². The minimum atomic E-state index is -0.0759. The van der Waals surface area contributed by atoms with Crippen molar-refractivity contribution in [3.63, 3.8) is 0 Å². The molecular weight excluding hydrogens is 390 g/mol. The second-order valence-electron chi connectivity index (χ2n) is 8.94. The summed E-state index contributed by atoms with van der Waals surface area (Å²) in [6.45, 7) is 4.55. The van der Waals surface area contributed by atoms with E-state index in [4.69, 9.17) is 0 Å². The number of nitrogens with one attached hydrogen (secondary N) is 1. The van der Waals surface area contributed by atoms with Gasteiger partial charge in [-0.25, -0.2) is 14.6 Å². The number of likely N-dealkylation sites (tertiary alicyclic amines) is 1. The lowest BCUT2D eigenvalue weighted by molar-refractivity contribution is 0.166. The fourth-order valence-corrected chi connectivity index (χ4v) is 4.52. The fraction of sp³-hybridized carbons (Fsp3) is 0.458. The number of pyridine rings is 1. The van der Waals surface area contributed by atoms with Crippen LogP contribution in [0.3, 0.4) is 0 Å². The van der Waals surface area contributed by atoms with Crippen molar-refractivity contribution in [3.8, 4) is 0 Å². The summed E-state index contributed by atoms with van der Waals surface area (Å²) < 4.78 is 3.72. The van der Waals surface area contributed by atoms with Crippen LogP contribution in [-0.4, -0.2) is 38.1 Å². The van der Waals surface area contributed by atoms with E-state index in [2.05, 4.69) is 29.4 Å². The summed E-state index contributed by atoms with van der Waals surface area (Å²) in [6, 6.07) is 11.9. The number of carbonyl (C=O) groups excluding carboxylic acids is 1. The van der Waals surface area contributed by atoms with Crippen molar-refractivity contribution < 1.29 is 4.79 Å². The minimum Gasteiger partial charge on any atom is -0.334 e. The Balaban J connectivity index is 1.34. The number of aromatic nitrogens is 3. The van der Waals surface area contributed by atoms with Gasteiger partial charge in [0.2, 0.25) is 0 Å². The smallest absolute Gasteiger partial charge is 0.330 e. The van der Waals surface area contributed by atoms with Crippen molar-refractivity contribution in [2.24, 2.45) is 5.92 Å². The van der Waals surface area contributed by atoms with Crippen LogP contribution in [0.5, 0.6) is 0 Å². The van der Waals surface area contributed by atoms with Crippen molar-refractivity contribution >= 4 is 17.2 Å². The Bertz CT molecular complexity index is 1140. The number of carbonyl (C=O) groups is 1. The maximum Gasteiger partial charge on any atom is 0.330 e. The zero-order valence-corrected chi connectivity index (χ0v) is 18.0. The predicted molar refractivity (Wildman–Crippen MR) is 120 cm³/mol. The summed E-state index contributed by atoms with van der Waals surface area (Å²) in [5.74, 6) is 0.604. The zero-order chi connectivity index (χ0) is 21.4. The Morgan fingerprint density at radius 1 is 1.16 bits per heavy atom. The van der Waals surface area contributed by atoms with Crippen LogP contribution in [0.4, 0.5) is 4.79 Å². The number of hydrogen-bond donors (Lipinski definition) is 1. The summed E-state index contributed by atoms with van der Waals surface area (Å²) in [5, 5.41) is 3.03. The van der Waals surface area contributed by atoms with E-state index < -0.39 is 0 Å². The van der Waals surface area contributed by atoms with Crippen LogP contribution in [0.25, 0.3) is 11.2 Å². The van der Waals surface area contributed by atoms with Gasteiger partial charge < -0.3 is 10.2 Å². The van der Waals surface area contributed by atoms with E-state index in [0.29, 0.717) is 25.6 Å². The van der Waals surface area contributed by atoms with Gasteiger partial charge in [-0.1, -0.05) is 29.8 Å². The lowest BCUT2D eigenvalue weighted by Gasteiger charge is -2.33. The summed E-state index contributed by atoms with van der Waals surface area (Å²) in [6.07, 6.45) is 5.88. The largest absolute Gasteiger partial charge is 0.334 e. The Hall–Kier alpha value is -3.09. The predicted octanol–water partition coefficient (Wildman–Crippen LogP) is 3.46. The number of fused-ring (bicyclic) bond motifs is 1. The molecule has 1 aliphatic heterocycles. The van der Waals surface area contributed by atoms with Crippen molar-refractivity contribution in [1.82, 2.24) is 24.3 Å². The number of urea groups is 1. The summed E-state index contributed by atoms with van der Waals surface area (Å²) in [7, 11) is 0. The highest BCUT2D eigenvalue weighted by Crippen LogP contribution is 2.32. The minimum absolute atomic E-state index is 0.00696. The van der Waals surface area contributed by atoms with E-state index in [1.54, 1.807) is 6.20 Å². The van der Waals surface area contributed by atoms with Crippen LogP contribution in [0.2, 0.25) is 0 Å². The lowest BCUT2D eigenvalue weighted by atomic mass is 10.1. The number of benzene rings is 1. The third kappa shape index (κ3) is 4.09. The molecule has 1 saturated heterocycles. The molecule has 7 nitrogen and oxygen atoms in total. The van der Waals surface area contributed by atoms with Crippen LogP contribution >= 0.6 is 0 Å². The number of aryl methyl sites for hydroxylation is 1. The molecule has 7 heteroatoms.